The smallest absolute Gasteiger partial charge is 0.335 e. The molecule has 2 heterocycles. The van der Waals surface area contributed by atoms with Gasteiger partial charge in [-0.1, -0.05) is 12.5 Å². The number of ether oxygens (including phenoxy) is 3. The lowest BCUT2D eigenvalue weighted by Gasteiger charge is -2.26. The standard InChI is InChI=1S/C30H39NO6.C4H6O6/c1-35-26-12-9-22(10-13-26)27(33)8-4-2-3-7-25(32)19-24(21-31-15-5-6-16-31)30(34)23-11-14-28-29(20-23)37-18-17-36-28;5-1(3(7)8)2(6)4(9)10/h9-14,20,24,30,34H,2-8,15-19,21H2,1H3;1-2,5-6H,(H,7,8)(H,9,10)/p+1/t24-,30+;1-,2-/m10/s1. The third kappa shape index (κ3) is 11.9. The van der Waals surface area contributed by atoms with Gasteiger partial charge in [-0.3, -0.25) is 9.59 Å². The first-order valence-corrected chi connectivity index (χ1v) is 15.9. The maximum Gasteiger partial charge on any atom is 0.335 e. The molecule has 0 unspecified atom stereocenters. The molecule has 6 N–H and O–H groups in total. The molecule has 0 saturated carbocycles. The van der Waals surface area contributed by atoms with Crippen LogP contribution in [0.3, 0.4) is 0 Å². The van der Waals surface area contributed by atoms with E-state index >= 15 is 0 Å². The van der Waals surface area contributed by atoms with Gasteiger partial charge in [0.15, 0.2) is 29.5 Å². The number of aliphatic hydroxyl groups is 3. The van der Waals surface area contributed by atoms with Crippen molar-refractivity contribution >= 4 is 23.5 Å². The molecule has 2 aromatic carbocycles. The Morgan fingerprint density at radius 3 is 2.00 bits per heavy atom. The number of aliphatic carboxylic acids is 2. The predicted octanol–water partition coefficient (Wildman–Crippen LogP) is 1.46. The van der Waals surface area contributed by atoms with Crippen LogP contribution in [-0.2, 0) is 14.4 Å². The summed E-state index contributed by atoms with van der Waals surface area (Å²) in [6.45, 7) is 4.01. The second-order valence-corrected chi connectivity index (χ2v) is 11.8. The second kappa shape index (κ2) is 18.9. The van der Waals surface area contributed by atoms with Crippen LogP contribution in [0, 0.1) is 5.92 Å². The van der Waals surface area contributed by atoms with Gasteiger partial charge >= 0.3 is 11.9 Å². The summed E-state index contributed by atoms with van der Waals surface area (Å²) in [6, 6.07) is 12.8. The Labute approximate surface area is 273 Å². The molecular formula is C34H46NO12+. The molecule has 0 spiro atoms. The Morgan fingerprint density at radius 2 is 1.40 bits per heavy atom. The number of nitrogens with one attached hydrogen (secondary N) is 1. The number of likely N-dealkylation sites (tertiary alicyclic amines) is 1. The van der Waals surface area contributed by atoms with Gasteiger partial charge in [0.25, 0.3) is 0 Å². The zero-order chi connectivity index (χ0) is 34.3. The highest BCUT2D eigenvalue weighted by atomic mass is 16.6. The molecule has 0 radical (unpaired) electrons. The molecule has 258 valence electrons. The summed E-state index contributed by atoms with van der Waals surface area (Å²) in [5.74, 6) is -1.29. The molecule has 0 bridgehead atoms. The molecule has 0 aliphatic carbocycles. The molecule has 13 nitrogen and oxygen atoms in total. The van der Waals surface area contributed by atoms with Crippen molar-refractivity contribution in [2.45, 2.75) is 69.7 Å². The fourth-order valence-corrected chi connectivity index (χ4v) is 5.63. The molecule has 2 aliphatic rings. The number of carboxylic acid groups (broad SMARTS) is 2. The van der Waals surface area contributed by atoms with Crippen LogP contribution >= 0.6 is 0 Å². The predicted molar refractivity (Wildman–Crippen MR) is 168 cm³/mol. The molecule has 4 rings (SSSR count). The maximum atomic E-state index is 12.9. The number of methoxy groups -OCH3 is 1. The Balaban J connectivity index is 0.000000520. The number of hydrogen-bond donors (Lipinski definition) is 6. The van der Waals surface area contributed by atoms with E-state index in [0.29, 0.717) is 49.5 Å². The zero-order valence-electron chi connectivity index (χ0n) is 26.6. The van der Waals surface area contributed by atoms with E-state index in [2.05, 4.69) is 0 Å². The lowest BCUT2D eigenvalue weighted by Crippen LogP contribution is -3.10. The van der Waals surface area contributed by atoms with Crippen molar-refractivity contribution < 1.29 is 63.8 Å². The van der Waals surface area contributed by atoms with Crippen molar-refractivity contribution in [2.24, 2.45) is 5.92 Å². The van der Waals surface area contributed by atoms with E-state index < -0.39 is 30.3 Å². The average molecular weight is 661 g/mol. The molecule has 4 atom stereocenters. The van der Waals surface area contributed by atoms with Gasteiger partial charge in [0.2, 0.25) is 0 Å². The number of rotatable bonds is 17. The largest absolute Gasteiger partial charge is 0.497 e. The number of benzene rings is 2. The van der Waals surface area contributed by atoms with Gasteiger partial charge in [0.05, 0.1) is 32.8 Å². The Kier molecular flexibility index (Phi) is 15.1. The van der Waals surface area contributed by atoms with E-state index in [9.17, 15) is 24.3 Å². The number of hydrogen-bond acceptors (Lipinski definition) is 10. The fourth-order valence-electron chi connectivity index (χ4n) is 5.63. The monoisotopic (exact) mass is 660 g/mol. The van der Waals surface area contributed by atoms with E-state index in [-0.39, 0.29) is 17.5 Å². The minimum absolute atomic E-state index is 0.116. The van der Waals surface area contributed by atoms with Gasteiger partial charge in [-0.2, -0.15) is 0 Å². The van der Waals surface area contributed by atoms with Gasteiger partial charge in [-0.25, -0.2) is 9.59 Å². The van der Waals surface area contributed by atoms with Crippen molar-refractivity contribution in [2.75, 3.05) is 40.0 Å². The van der Waals surface area contributed by atoms with E-state index in [0.717, 1.165) is 50.2 Å². The molecule has 1 saturated heterocycles. The number of quaternary nitrogens is 1. The van der Waals surface area contributed by atoms with Crippen molar-refractivity contribution in [3.05, 3.63) is 53.6 Å². The van der Waals surface area contributed by atoms with Gasteiger partial charge in [-0.05, 0) is 54.8 Å². The third-order valence-corrected chi connectivity index (χ3v) is 8.28. The quantitative estimate of drug-likeness (QED) is 0.106. The van der Waals surface area contributed by atoms with Crippen LogP contribution in [0.2, 0.25) is 0 Å². The van der Waals surface area contributed by atoms with Crippen LogP contribution in [0.15, 0.2) is 42.5 Å². The number of ketones is 2. The minimum atomic E-state index is -2.27. The van der Waals surface area contributed by atoms with Crippen molar-refractivity contribution in [1.82, 2.24) is 0 Å². The van der Waals surface area contributed by atoms with Crippen molar-refractivity contribution in [1.29, 1.82) is 0 Å². The fraction of sp³-hybridized carbons (Fsp3) is 0.529. The topological polar surface area (TPSA) is 202 Å². The molecular weight excluding hydrogens is 614 g/mol. The number of unbranched alkanes of at least 4 members (excludes halogenated alkanes) is 2. The number of aliphatic hydroxyl groups excluding tert-OH is 3. The number of fused-ring (bicyclic) bond motifs is 1. The van der Waals surface area contributed by atoms with Crippen LogP contribution in [-0.4, -0.2) is 101 Å². The summed E-state index contributed by atoms with van der Waals surface area (Å²) in [6.07, 6.45) is 0.823. The van der Waals surface area contributed by atoms with Gasteiger partial charge in [0, 0.05) is 43.6 Å². The first-order valence-electron chi connectivity index (χ1n) is 15.9. The number of carboxylic acids is 2. The Hall–Kier alpha value is -4.04. The summed E-state index contributed by atoms with van der Waals surface area (Å²) in [4.78, 5) is 46.3. The highest BCUT2D eigenvalue weighted by molar-refractivity contribution is 5.96. The molecule has 13 heteroatoms. The SMILES string of the molecule is COc1ccc(C(=O)CCCCCC(=O)C[C@H](C[NH+]2CCCC2)[C@@H](O)c2ccc3c(c2)OCCO3)cc1.O=C(O)[C@@H](O)[C@H](O)C(=O)O. The van der Waals surface area contributed by atoms with Crippen molar-refractivity contribution in [3.63, 3.8) is 0 Å². The lowest BCUT2D eigenvalue weighted by molar-refractivity contribution is -0.891. The summed E-state index contributed by atoms with van der Waals surface area (Å²) < 4.78 is 16.5. The minimum Gasteiger partial charge on any atom is -0.497 e. The van der Waals surface area contributed by atoms with Crippen molar-refractivity contribution in [3.8, 4) is 17.2 Å². The summed E-state index contributed by atoms with van der Waals surface area (Å²) in [7, 11) is 1.60. The second-order valence-electron chi connectivity index (χ2n) is 11.8. The number of carbonyl (C=O) groups excluding carboxylic acids is 2. The maximum absolute atomic E-state index is 12.9. The normalized spacial score (nSPS) is 16.6. The van der Waals surface area contributed by atoms with Gasteiger partial charge in [-0.15, -0.1) is 0 Å². The van der Waals surface area contributed by atoms with E-state index in [4.69, 9.17) is 34.6 Å². The van der Waals surface area contributed by atoms with E-state index in [1.54, 1.807) is 31.4 Å². The van der Waals surface area contributed by atoms with Crippen LogP contribution < -0.4 is 19.1 Å². The van der Waals surface area contributed by atoms with E-state index in [1.165, 1.54) is 17.7 Å². The first kappa shape index (κ1) is 37.4. The van der Waals surface area contributed by atoms with Crippen LogP contribution in [0.1, 0.15) is 73.4 Å². The Bertz CT molecular complexity index is 1310. The van der Waals surface area contributed by atoms with Crippen LogP contribution in [0.25, 0.3) is 0 Å². The number of carbonyl (C=O) groups is 4. The highest BCUT2D eigenvalue weighted by Gasteiger charge is 2.31. The molecule has 0 amide bonds. The highest BCUT2D eigenvalue weighted by Crippen LogP contribution is 2.35. The summed E-state index contributed by atoms with van der Waals surface area (Å²) in [5, 5.41) is 43.8. The van der Waals surface area contributed by atoms with Crippen LogP contribution in [0.4, 0.5) is 0 Å². The summed E-state index contributed by atoms with van der Waals surface area (Å²) >= 11 is 0. The van der Waals surface area contributed by atoms with Gasteiger partial charge in [0.1, 0.15) is 24.7 Å². The molecule has 0 aromatic heterocycles. The Morgan fingerprint density at radius 1 is 0.809 bits per heavy atom. The van der Waals surface area contributed by atoms with E-state index in [1.807, 2.05) is 18.2 Å². The molecule has 2 aliphatic heterocycles. The lowest BCUT2D eigenvalue weighted by atomic mass is 9.89. The molecule has 2 aromatic rings. The third-order valence-electron chi connectivity index (χ3n) is 8.28. The average Bonchev–Trinajstić information content (AvgIpc) is 3.60. The zero-order valence-corrected chi connectivity index (χ0v) is 26.6. The molecule has 47 heavy (non-hydrogen) atoms. The number of Topliss-reactive ketones (excluding diaryl/α,β-unsaturated/α-hetero) is 2. The van der Waals surface area contributed by atoms with Crippen LogP contribution in [0.5, 0.6) is 17.2 Å². The first-order chi connectivity index (χ1) is 22.5. The van der Waals surface area contributed by atoms with Gasteiger partial charge < -0.3 is 44.6 Å². The summed E-state index contributed by atoms with van der Waals surface area (Å²) in [5.41, 5.74) is 1.47. The molecule has 1 fully saturated rings.